The molecule has 0 radical (unpaired) electrons. The summed E-state index contributed by atoms with van der Waals surface area (Å²) in [5, 5.41) is 24.4. The van der Waals surface area contributed by atoms with Crippen molar-refractivity contribution in [1.29, 1.82) is 0 Å². The predicted octanol–water partition coefficient (Wildman–Crippen LogP) is 6.21. The molecule has 2 N–H and O–H groups in total. The zero-order valence-electron chi connectivity index (χ0n) is 16.3. The number of phenolic OH excluding ortho intramolecular Hbond substituents is 2. The molecule has 0 bridgehead atoms. The summed E-state index contributed by atoms with van der Waals surface area (Å²) in [6.07, 6.45) is 1.67. The third kappa shape index (κ3) is 4.08. The molecule has 0 fully saturated rings. The number of nitrogens with zero attached hydrogens (tertiary/aromatic N) is 2. The molecule has 0 atom stereocenters. The fourth-order valence-electron chi connectivity index (χ4n) is 3.65. The van der Waals surface area contributed by atoms with Crippen LogP contribution < -0.4 is 0 Å². The second-order valence-electron chi connectivity index (χ2n) is 7.07. The summed E-state index contributed by atoms with van der Waals surface area (Å²) >= 11 is 0. The number of fused-ring (bicyclic) bond motifs is 2. The van der Waals surface area contributed by atoms with E-state index in [1.807, 2.05) is 78.9 Å². The van der Waals surface area contributed by atoms with E-state index < -0.39 is 0 Å². The average Bonchev–Trinajstić information content (AvgIpc) is 2.77. The van der Waals surface area contributed by atoms with Gasteiger partial charge in [-0.3, -0.25) is 4.99 Å². The smallest absolute Gasteiger partial charge is 0.125 e. The van der Waals surface area contributed by atoms with E-state index in [9.17, 15) is 10.2 Å². The molecular formula is C26H18N2O2Pt. The van der Waals surface area contributed by atoms with Crippen LogP contribution in [0.5, 0.6) is 11.5 Å². The van der Waals surface area contributed by atoms with Crippen LogP contribution >= 0.6 is 0 Å². The van der Waals surface area contributed by atoms with Gasteiger partial charge < -0.3 is 10.2 Å². The monoisotopic (exact) mass is 585 g/mol. The van der Waals surface area contributed by atoms with E-state index in [1.165, 1.54) is 0 Å². The standard InChI is InChI=1S/C26H18N2O2.Pt/c29-24-13-4-9-17-8-3-12-23(26(17)24)27-16-20-10-5-11-22(28-20)21-14-18-6-1-2-7-19(18)15-25(21)30;/h1-16,29-30H;. The molecule has 0 aliphatic heterocycles. The van der Waals surface area contributed by atoms with Gasteiger partial charge in [-0.2, -0.15) is 0 Å². The van der Waals surface area contributed by atoms with Gasteiger partial charge in [0.1, 0.15) is 11.5 Å². The Kier molecular flexibility index (Phi) is 5.83. The molecule has 4 aromatic carbocycles. The van der Waals surface area contributed by atoms with Crippen molar-refractivity contribution in [3.05, 3.63) is 96.7 Å². The van der Waals surface area contributed by atoms with Crippen LogP contribution in [0.25, 0.3) is 32.8 Å². The van der Waals surface area contributed by atoms with Gasteiger partial charge in [0.05, 0.1) is 23.3 Å². The van der Waals surface area contributed by atoms with Crippen molar-refractivity contribution in [2.45, 2.75) is 0 Å². The molecule has 0 aliphatic carbocycles. The first-order chi connectivity index (χ1) is 14.7. The largest absolute Gasteiger partial charge is 0.507 e. The van der Waals surface area contributed by atoms with Crippen LogP contribution in [0.4, 0.5) is 5.69 Å². The first-order valence-electron chi connectivity index (χ1n) is 9.63. The fraction of sp³-hybridized carbons (Fsp3) is 0. The molecule has 0 amide bonds. The van der Waals surface area contributed by atoms with Crippen molar-refractivity contribution in [2.24, 2.45) is 4.99 Å². The number of aliphatic imine (C=N–C) groups is 1. The summed E-state index contributed by atoms with van der Waals surface area (Å²) < 4.78 is 0. The number of rotatable bonds is 3. The van der Waals surface area contributed by atoms with Crippen LogP contribution in [0.2, 0.25) is 0 Å². The van der Waals surface area contributed by atoms with Gasteiger partial charge in [-0.1, -0.05) is 54.6 Å². The van der Waals surface area contributed by atoms with E-state index >= 15 is 0 Å². The minimum atomic E-state index is 0. The van der Waals surface area contributed by atoms with Gasteiger partial charge in [-0.25, -0.2) is 4.98 Å². The van der Waals surface area contributed by atoms with Crippen molar-refractivity contribution < 1.29 is 31.3 Å². The van der Waals surface area contributed by atoms with Gasteiger partial charge in [-0.05, 0) is 52.6 Å². The van der Waals surface area contributed by atoms with Gasteiger partial charge in [0.25, 0.3) is 0 Å². The summed E-state index contributed by atoms with van der Waals surface area (Å²) in [5.74, 6) is 0.386. The third-order valence-corrected chi connectivity index (χ3v) is 5.11. The molecule has 5 aromatic rings. The summed E-state index contributed by atoms with van der Waals surface area (Å²) in [6, 6.07) is 28.3. The van der Waals surface area contributed by atoms with Crippen LogP contribution in [0.1, 0.15) is 5.69 Å². The number of pyridine rings is 1. The van der Waals surface area contributed by atoms with Crippen LogP contribution in [-0.2, 0) is 21.1 Å². The zero-order valence-corrected chi connectivity index (χ0v) is 18.6. The van der Waals surface area contributed by atoms with Gasteiger partial charge in [-0.15, -0.1) is 0 Å². The molecule has 0 aliphatic rings. The van der Waals surface area contributed by atoms with E-state index in [1.54, 1.807) is 18.3 Å². The average molecular weight is 586 g/mol. The quantitative estimate of drug-likeness (QED) is 0.248. The Hall–Kier alpha value is -3.49. The second kappa shape index (κ2) is 8.71. The van der Waals surface area contributed by atoms with Gasteiger partial charge >= 0.3 is 0 Å². The van der Waals surface area contributed by atoms with Crippen molar-refractivity contribution in [3.8, 4) is 22.8 Å². The SMILES string of the molecule is Oc1cc2ccccc2cc1-c1cccc(C=Nc2cccc3cccc(O)c23)n1.[Pt]. The van der Waals surface area contributed by atoms with Crippen LogP contribution in [-0.4, -0.2) is 21.4 Å². The molecule has 1 heterocycles. The number of phenols is 2. The molecular weight excluding hydrogens is 567 g/mol. The fourth-order valence-corrected chi connectivity index (χ4v) is 3.65. The molecule has 5 rings (SSSR count). The van der Waals surface area contributed by atoms with E-state index in [4.69, 9.17) is 0 Å². The van der Waals surface area contributed by atoms with E-state index in [0.717, 1.165) is 16.2 Å². The Morgan fingerprint density at radius 3 is 2.16 bits per heavy atom. The first-order valence-corrected chi connectivity index (χ1v) is 9.63. The van der Waals surface area contributed by atoms with Crippen molar-refractivity contribution in [1.82, 2.24) is 4.98 Å². The summed E-state index contributed by atoms with van der Waals surface area (Å²) in [4.78, 5) is 9.22. The summed E-state index contributed by atoms with van der Waals surface area (Å²) in [7, 11) is 0. The maximum atomic E-state index is 10.5. The minimum absolute atomic E-state index is 0. The third-order valence-electron chi connectivity index (χ3n) is 5.11. The second-order valence-corrected chi connectivity index (χ2v) is 7.07. The van der Waals surface area contributed by atoms with Gasteiger partial charge in [0, 0.05) is 32.0 Å². The van der Waals surface area contributed by atoms with Crippen LogP contribution in [0.15, 0.2) is 96.0 Å². The zero-order chi connectivity index (χ0) is 20.5. The Morgan fingerprint density at radius 2 is 1.35 bits per heavy atom. The maximum Gasteiger partial charge on any atom is 0.125 e. The first kappa shape index (κ1) is 20.8. The Labute approximate surface area is 193 Å². The van der Waals surface area contributed by atoms with E-state index in [2.05, 4.69) is 9.98 Å². The molecule has 4 nitrogen and oxygen atoms in total. The predicted molar refractivity (Wildman–Crippen MR) is 122 cm³/mol. The Morgan fingerprint density at radius 1 is 0.677 bits per heavy atom. The number of aromatic nitrogens is 1. The molecule has 0 unspecified atom stereocenters. The van der Waals surface area contributed by atoms with Crippen LogP contribution in [0.3, 0.4) is 0 Å². The van der Waals surface area contributed by atoms with Gasteiger partial charge in [0.2, 0.25) is 0 Å². The van der Waals surface area contributed by atoms with E-state index in [0.29, 0.717) is 28.0 Å². The molecule has 0 saturated carbocycles. The molecule has 5 heteroatoms. The van der Waals surface area contributed by atoms with Crippen molar-refractivity contribution >= 4 is 33.4 Å². The van der Waals surface area contributed by atoms with Crippen molar-refractivity contribution in [3.63, 3.8) is 0 Å². The number of aromatic hydroxyl groups is 2. The molecule has 0 spiro atoms. The molecule has 0 saturated heterocycles. The Bertz CT molecular complexity index is 1420. The van der Waals surface area contributed by atoms with Crippen LogP contribution in [0, 0.1) is 0 Å². The normalized spacial score (nSPS) is 11.1. The molecule has 154 valence electrons. The number of benzene rings is 4. The Balaban J connectivity index is 0.00000231. The van der Waals surface area contributed by atoms with Crippen molar-refractivity contribution in [2.75, 3.05) is 0 Å². The van der Waals surface area contributed by atoms with Gasteiger partial charge in [0.15, 0.2) is 0 Å². The summed E-state index contributed by atoms with van der Waals surface area (Å²) in [6.45, 7) is 0. The topological polar surface area (TPSA) is 65.7 Å². The number of hydrogen-bond donors (Lipinski definition) is 2. The maximum absolute atomic E-state index is 10.5. The summed E-state index contributed by atoms with van der Waals surface area (Å²) in [5.41, 5.74) is 2.67. The molecule has 31 heavy (non-hydrogen) atoms. The minimum Gasteiger partial charge on any atom is -0.507 e. The van der Waals surface area contributed by atoms with E-state index in [-0.39, 0.29) is 32.6 Å². The number of hydrogen-bond acceptors (Lipinski definition) is 4. The molecule has 1 aromatic heterocycles.